The molecule has 0 amide bonds. The Morgan fingerprint density at radius 2 is 1.82 bits per heavy atom. The molecular weight excluding hydrogens is 325 g/mol. The third-order valence-corrected chi connectivity index (χ3v) is 3.67. The largest absolute Gasteiger partial charge is 0.474 e. The zero-order valence-corrected chi connectivity index (χ0v) is 11.4. The Hall–Kier alpha value is -1.10. The van der Waals surface area contributed by atoms with Gasteiger partial charge in [-0.15, -0.1) is 0 Å². The van der Waals surface area contributed by atoms with Gasteiger partial charge in [-0.3, -0.25) is 0 Å². The van der Waals surface area contributed by atoms with Crippen molar-refractivity contribution >= 4 is 22.6 Å². The fourth-order valence-electron chi connectivity index (χ4n) is 2.22. The molecule has 0 spiro atoms. The number of pyridine rings is 1. The Morgan fingerprint density at radius 1 is 1.12 bits per heavy atom. The van der Waals surface area contributed by atoms with Gasteiger partial charge in [0.2, 0.25) is 5.88 Å². The van der Waals surface area contributed by atoms with Crippen LogP contribution in [0.15, 0.2) is 42.6 Å². The molecule has 0 saturated heterocycles. The number of halogens is 1. The van der Waals surface area contributed by atoms with Crippen LogP contribution in [0, 0.1) is 3.57 Å². The van der Waals surface area contributed by atoms with E-state index in [1.807, 2.05) is 12.1 Å². The molecule has 2 aromatic rings. The van der Waals surface area contributed by atoms with E-state index in [9.17, 15) is 0 Å². The lowest BCUT2D eigenvalue weighted by Gasteiger charge is -2.11. The first-order chi connectivity index (χ1) is 8.31. The molecule has 1 aromatic carbocycles. The zero-order chi connectivity index (χ0) is 11.7. The summed E-state index contributed by atoms with van der Waals surface area (Å²) >= 11 is 2.27. The van der Waals surface area contributed by atoms with Crippen LogP contribution in [0.3, 0.4) is 0 Å². The first-order valence-electron chi connectivity index (χ1n) is 5.66. The SMILES string of the molecule is Ic1ccnc(OC2Cc3ccccc3C2)c1. The van der Waals surface area contributed by atoms with E-state index >= 15 is 0 Å². The zero-order valence-electron chi connectivity index (χ0n) is 9.27. The van der Waals surface area contributed by atoms with Crippen molar-refractivity contribution in [2.45, 2.75) is 18.9 Å². The monoisotopic (exact) mass is 337 g/mol. The van der Waals surface area contributed by atoms with E-state index in [1.165, 1.54) is 11.1 Å². The van der Waals surface area contributed by atoms with Gasteiger partial charge in [-0.2, -0.15) is 0 Å². The average Bonchev–Trinajstić information content (AvgIpc) is 2.71. The first kappa shape index (κ1) is 11.0. The van der Waals surface area contributed by atoms with Gasteiger partial charge in [0.25, 0.3) is 0 Å². The molecule has 0 N–H and O–H groups in total. The van der Waals surface area contributed by atoms with Crippen LogP contribution in [0.5, 0.6) is 5.88 Å². The highest BCUT2D eigenvalue weighted by Gasteiger charge is 2.22. The number of aromatic nitrogens is 1. The summed E-state index contributed by atoms with van der Waals surface area (Å²) in [5.74, 6) is 0.731. The summed E-state index contributed by atoms with van der Waals surface area (Å²) in [6.07, 6.45) is 4.00. The van der Waals surface area contributed by atoms with Crippen LogP contribution in [0.4, 0.5) is 0 Å². The van der Waals surface area contributed by atoms with Crippen LogP contribution in [-0.2, 0) is 12.8 Å². The summed E-state index contributed by atoms with van der Waals surface area (Å²) < 4.78 is 7.08. The predicted octanol–water partition coefficient (Wildman–Crippen LogP) is 3.23. The molecule has 3 rings (SSSR count). The minimum atomic E-state index is 0.234. The van der Waals surface area contributed by atoms with Crippen LogP contribution in [0.1, 0.15) is 11.1 Å². The van der Waals surface area contributed by atoms with Crippen molar-refractivity contribution in [1.29, 1.82) is 0 Å². The molecule has 1 aliphatic rings. The van der Waals surface area contributed by atoms with Crippen LogP contribution in [0.25, 0.3) is 0 Å². The molecule has 1 heterocycles. The van der Waals surface area contributed by atoms with Crippen LogP contribution >= 0.6 is 22.6 Å². The molecule has 1 aliphatic carbocycles. The summed E-state index contributed by atoms with van der Waals surface area (Å²) in [5, 5.41) is 0. The molecule has 0 fully saturated rings. The van der Waals surface area contributed by atoms with Crippen LogP contribution in [-0.4, -0.2) is 11.1 Å². The molecule has 0 saturated carbocycles. The summed E-state index contributed by atoms with van der Waals surface area (Å²) in [4.78, 5) is 4.24. The molecule has 86 valence electrons. The van der Waals surface area contributed by atoms with Gasteiger partial charge in [0, 0.05) is 28.7 Å². The maximum Gasteiger partial charge on any atom is 0.214 e. The highest BCUT2D eigenvalue weighted by molar-refractivity contribution is 14.1. The second-order valence-corrected chi connectivity index (χ2v) is 5.47. The molecule has 3 heteroatoms. The highest BCUT2D eigenvalue weighted by Crippen LogP contribution is 2.25. The van der Waals surface area contributed by atoms with Gasteiger partial charge in [-0.05, 0) is 39.8 Å². The van der Waals surface area contributed by atoms with Gasteiger partial charge in [-0.1, -0.05) is 24.3 Å². The lowest BCUT2D eigenvalue weighted by molar-refractivity contribution is 0.205. The summed E-state index contributed by atoms with van der Waals surface area (Å²) in [7, 11) is 0. The van der Waals surface area contributed by atoms with E-state index in [2.05, 4.69) is 51.8 Å². The fraction of sp³-hybridized carbons (Fsp3) is 0.214. The normalized spacial score (nSPS) is 14.6. The second-order valence-electron chi connectivity index (χ2n) is 4.23. The van der Waals surface area contributed by atoms with Gasteiger partial charge in [-0.25, -0.2) is 4.98 Å². The predicted molar refractivity (Wildman–Crippen MR) is 75.2 cm³/mol. The number of benzene rings is 1. The van der Waals surface area contributed by atoms with Crippen molar-refractivity contribution < 1.29 is 4.74 Å². The lowest BCUT2D eigenvalue weighted by atomic mass is 10.1. The Labute approximate surface area is 114 Å². The molecular formula is C14H12INO. The Bertz CT molecular complexity index is 516. The van der Waals surface area contributed by atoms with E-state index in [0.29, 0.717) is 0 Å². The number of fused-ring (bicyclic) bond motifs is 1. The molecule has 2 nitrogen and oxygen atoms in total. The minimum Gasteiger partial charge on any atom is -0.474 e. The summed E-state index contributed by atoms with van der Waals surface area (Å²) in [6.45, 7) is 0. The van der Waals surface area contributed by atoms with E-state index in [4.69, 9.17) is 4.74 Å². The molecule has 1 aromatic heterocycles. The Balaban J connectivity index is 1.74. The third-order valence-electron chi connectivity index (χ3n) is 3.00. The van der Waals surface area contributed by atoms with E-state index in [1.54, 1.807) is 6.20 Å². The van der Waals surface area contributed by atoms with Crippen molar-refractivity contribution in [3.05, 3.63) is 57.3 Å². The standard InChI is InChI=1S/C14H12INO/c15-12-5-6-16-14(9-12)17-13-7-10-3-1-2-4-11(10)8-13/h1-6,9,13H,7-8H2. The van der Waals surface area contributed by atoms with Crippen LogP contribution in [0.2, 0.25) is 0 Å². The quantitative estimate of drug-likeness (QED) is 0.785. The number of ether oxygens (including phenoxy) is 1. The number of hydrogen-bond acceptors (Lipinski definition) is 2. The Morgan fingerprint density at radius 3 is 2.47 bits per heavy atom. The maximum absolute atomic E-state index is 5.92. The number of rotatable bonds is 2. The third kappa shape index (κ3) is 2.44. The Kier molecular flexibility index (Phi) is 3.01. The van der Waals surface area contributed by atoms with Crippen molar-refractivity contribution in [1.82, 2.24) is 4.98 Å². The summed E-state index contributed by atoms with van der Waals surface area (Å²) in [6, 6.07) is 12.5. The molecule has 0 bridgehead atoms. The summed E-state index contributed by atoms with van der Waals surface area (Å²) in [5.41, 5.74) is 2.81. The lowest BCUT2D eigenvalue weighted by Crippen LogP contribution is -2.16. The first-order valence-corrected chi connectivity index (χ1v) is 6.74. The minimum absolute atomic E-state index is 0.234. The highest BCUT2D eigenvalue weighted by atomic mass is 127. The van der Waals surface area contributed by atoms with Crippen LogP contribution < -0.4 is 4.74 Å². The van der Waals surface area contributed by atoms with Gasteiger partial charge in [0.15, 0.2) is 0 Å². The van der Waals surface area contributed by atoms with E-state index in [-0.39, 0.29) is 6.10 Å². The topological polar surface area (TPSA) is 22.1 Å². The van der Waals surface area contributed by atoms with Crippen molar-refractivity contribution in [2.24, 2.45) is 0 Å². The van der Waals surface area contributed by atoms with Crippen molar-refractivity contribution in [3.63, 3.8) is 0 Å². The molecule has 0 atom stereocenters. The van der Waals surface area contributed by atoms with Gasteiger partial charge in [0.05, 0.1) is 0 Å². The van der Waals surface area contributed by atoms with Gasteiger partial charge in [0.1, 0.15) is 6.10 Å². The number of hydrogen-bond donors (Lipinski definition) is 0. The molecule has 0 unspecified atom stereocenters. The average molecular weight is 337 g/mol. The molecule has 17 heavy (non-hydrogen) atoms. The van der Waals surface area contributed by atoms with Gasteiger partial charge >= 0.3 is 0 Å². The smallest absolute Gasteiger partial charge is 0.214 e. The molecule has 0 radical (unpaired) electrons. The fourth-order valence-corrected chi connectivity index (χ4v) is 2.65. The molecule has 0 aliphatic heterocycles. The van der Waals surface area contributed by atoms with Crippen molar-refractivity contribution in [3.8, 4) is 5.88 Å². The van der Waals surface area contributed by atoms with E-state index in [0.717, 1.165) is 22.3 Å². The van der Waals surface area contributed by atoms with Gasteiger partial charge < -0.3 is 4.74 Å². The maximum atomic E-state index is 5.92. The van der Waals surface area contributed by atoms with E-state index < -0.39 is 0 Å². The van der Waals surface area contributed by atoms with Crippen molar-refractivity contribution in [2.75, 3.05) is 0 Å². The number of nitrogens with zero attached hydrogens (tertiary/aromatic N) is 1. The second kappa shape index (κ2) is 4.64.